The van der Waals surface area contributed by atoms with Gasteiger partial charge >= 0.3 is 0 Å². The molecule has 1 heterocycles. The van der Waals surface area contributed by atoms with Crippen molar-refractivity contribution in [1.29, 1.82) is 0 Å². The van der Waals surface area contributed by atoms with Crippen LogP contribution in [-0.4, -0.2) is 23.8 Å². The van der Waals surface area contributed by atoms with Gasteiger partial charge < -0.3 is 5.73 Å². The average molecular weight is 356 g/mol. The minimum absolute atomic E-state index is 0.0205. The zero-order valence-electron chi connectivity index (χ0n) is 14.5. The molecule has 1 unspecified atom stereocenters. The second kappa shape index (κ2) is 6.89. The third kappa shape index (κ3) is 3.06. The summed E-state index contributed by atoms with van der Waals surface area (Å²) < 4.78 is 27.6. The molecule has 1 saturated heterocycles. The van der Waals surface area contributed by atoms with Crippen molar-refractivity contribution in [2.75, 3.05) is 13.1 Å². The van der Waals surface area contributed by atoms with Gasteiger partial charge in [-0.3, -0.25) is 9.69 Å². The van der Waals surface area contributed by atoms with Crippen molar-refractivity contribution < 1.29 is 13.6 Å². The lowest BCUT2D eigenvalue weighted by atomic mass is 9.88. The number of Topliss-reactive ketones (excluding diaryl/α,β-unsaturated/α-hetero) is 1. The van der Waals surface area contributed by atoms with Crippen molar-refractivity contribution in [3.05, 3.63) is 70.8 Å². The number of ketones is 1. The molecule has 3 nitrogen and oxygen atoms in total. The van der Waals surface area contributed by atoms with E-state index in [4.69, 9.17) is 5.73 Å². The van der Waals surface area contributed by atoms with Gasteiger partial charge in [-0.05, 0) is 36.0 Å². The number of carbonyl (C=O) groups excluding carboxylic acids is 1. The number of fused-ring (bicyclic) bond motifs is 1. The van der Waals surface area contributed by atoms with Gasteiger partial charge in [0.15, 0.2) is 5.78 Å². The van der Waals surface area contributed by atoms with Crippen LogP contribution >= 0.6 is 0 Å². The summed E-state index contributed by atoms with van der Waals surface area (Å²) in [6.07, 6.45) is 2.05. The van der Waals surface area contributed by atoms with Crippen molar-refractivity contribution in [3.63, 3.8) is 0 Å². The normalized spacial score (nSPS) is 23.3. The number of hydrogen-bond acceptors (Lipinski definition) is 3. The molecular formula is C21H22F2N2O. The molecule has 2 aromatic rings. The van der Waals surface area contributed by atoms with E-state index in [2.05, 4.69) is 0 Å². The topological polar surface area (TPSA) is 46.3 Å². The number of carbonyl (C=O) groups is 1. The molecule has 136 valence electrons. The summed E-state index contributed by atoms with van der Waals surface area (Å²) in [5.74, 6) is -1.31. The Morgan fingerprint density at radius 1 is 1.19 bits per heavy atom. The predicted octanol–water partition coefficient (Wildman–Crippen LogP) is 3.54. The minimum atomic E-state index is -0.658. The van der Waals surface area contributed by atoms with Crippen molar-refractivity contribution in [1.82, 2.24) is 4.90 Å². The third-order valence-electron chi connectivity index (χ3n) is 5.69. The fourth-order valence-electron chi connectivity index (χ4n) is 4.17. The van der Waals surface area contributed by atoms with Crippen molar-refractivity contribution >= 4 is 5.78 Å². The predicted molar refractivity (Wildman–Crippen MR) is 95.5 cm³/mol. The Morgan fingerprint density at radius 2 is 1.96 bits per heavy atom. The highest BCUT2D eigenvalue weighted by atomic mass is 19.1. The molecule has 26 heavy (non-hydrogen) atoms. The van der Waals surface area contributed by atoms with Gasteiger partial charge in [-0.25, -0.2) is 8.78 Å². The largest absolute Gasteiger partial charge is 0.324 e. The van der Waals surface area contributed by atoms with Crippen molar-refractivity contribution in [3.8, 4) is 0 Å². The highest BCUT2D eigenvalue weighted by Crippen LogP contribution is 2.38. The first-order chi connectivity index (χ1) is 12.5. The van der Waals surface area contributed by atoms with Gasteiger partial charge in [0.25, 0.3) is 0 Å². The van der Waals surface area contributed by atoms with Crippen LogP contribution in [0.3, 0.4) is 0 Å². The number of nitrogens with two attached hydrogens (primary N) is 1. The lowest BCUT2D eigenvalue weighted by molar-refractivity contribution is -0.127. The molecule has 0 amide bonds. The number of hydrogen-bond donors (Lipinski definition) is 1. The summed E-state index contributed by atoms with van der Waals surface area (Å²) in [7, 11) is 0. The van der Waals surface area contributed by atoms with Crippen LogP contribution in [0.2, 0.25) is 0 Å². The molecule has 1 aliphatic heterocycles. The van der Waals surface area contributed by atoms with E-state index >= 15 is 0 Å². The Balaban J connectivity index is 1.56. The second-order valence-electron chi connectivity index (χ2n) is 7.32. The summed E-state index contributed by atoms with van der Waals surface area (Å²) in [6, 6.07) is 10.6. The zero-order valence-corrected chi connectivity index (χ0v) is 14.5. The van der Waals surface area contributed by atoms with Gasteiger partial charge in [0, 0.05) is 37.2 Å². The average Bonchev–Trinajstić information content (AvgIpc) is 2.88. The number of likely N-dealkylation sites (tertiary alicyclic amines) is 1. The smallest absolute Gasteiger partial charge is 0.154 e. The number of benzene rings is 2. The van der Waals surface area contributed by atoms with E-state index in [0.717, 1.165) is 37.6 Å². The molecular weight excluding hydrogens is 334 g/mol. The molecule has 0 radical (unpaired) electrons. The third-order valence-corrected chi connectivity index (χ3v) is 5.69. The lowest BCUT2D eigenvalue weighted by Crippen LogP contribution is -2.44. The van der Waals surface area contributed by atoms with Crippen LogP contribution in [0, 0.1) is 17.6 Å². The first kappa shape index (κ1) is 17.3. The first-order valence-corrected chi connectivity index (χ1v) is 9.09. The van der Waals surface area contributed by atoms with Crippen LogP contribution < -0.4 is 5.73 Å². The highest BCUT2D eigenvalue weighted by Gasteiger charge is 2.37. The zero-order chi connectivity index (χ0) is 18.3. The van der Waals surface area contributed by atoms with Crippen LogP contribution in [0.25, 0.3) is 0 Å². The maximum absolute atomic E-state index is 14.3. The standard InChI is InChI=1S/C21H22F2N2O/c22-15-6-7-17(18(23)12-15)21(25-8-3-9-25)19(26)11-14-10-13-4-1-2-5-16(13)20(14)24/h1-2,4-7,12,14,20-21H,3,8-11,24H2/t14-,20-,21?/m1/s1. The van der Waals surface area contributed by atoms with Crippen LogP contribution in [-0.2, 0) is 11.2 Å². The Kier molecular flexibility index (Phi) is 4.59. The molecule has 2 aromatic carbocycles. The molecule has 4 rings (SSSR count). The molecule has 0 aromatic heterocycles. The molecule has 2 aliphatic rings. The van der Waals surface area contributed by atoms with Gasteiger partial charge in [0.05, 0.1) is 6.04 Å². The maximum Gasteiger partial charge on any atom is 0.154 e. The molecule has 0 spiro atoms. The Labute approximate surface area is 151 Å². The van der Waals surface area contributed by atoms with Crippen molar-refractivity contribution in [2.24, 2.45) is 11.7 Å². The van der Waals surface area contributed by atoms with Gasteiger partial charge in [-0.15, -0.1) is 0 Å². The van der Waals surface area contributed by atoms with Crippen LogP contribution in [0.1, 0.15) is 41.6 Å². The van der Waals surface area contributed by atoms with Crippen LogP contribution in [0.5, 0.6) is 0 Å². The lowest BCUT2D eigenvalue weighted by Gasteiger charge is -2.38. The van der Waals surface area contributed by atoms with E-state index in [1.54, 1.807) is 0 Å². The maximum atomic E-state index is 14.3. The quantitative estimate of drug-likeness (QED) is 0.891. The van der Waals surface area contributed by atoms with E-state index in [1.807, 2.05) is 29.2 Å². The summed E-state index contributed by atoms with van der Waals surface area (Å²) in [5.41, 5.74) is 8.91. The Bertz CT molecular complexity index is 835. The van der Waals surface area contributed by atoms with Gasteiger partial charge in [-0.1, -0.05) is 30.3 Å². The van der Waals surface area contributed by atoms with Crippen LogP contribution in [0.4, 0.5) is 8.78 Å². The SMILES string of the molecule is N[C@H]1c2ccccc2C[C@@H]1CC(=O)C(c1ccc(F)cc1F)N1CCC1. The Morgan fingerprint density at radius 3 is 2.62 bits per heavy atom. The number of halogens is 2. The fraction of sp³-hybridized carbons (Fsp3) is 0.381. The van der Waals surface area contributed by atoms with E-state index in [-0.39, 0.29) is 23.3 Å². The molecule has 0 saturated carbocycles. The summed E-state index contributed by atoms with van der Waals surface area (Å²) >= 11 is 0. The molecule has 3 atom stereocenters. The fourth-order valence-corrected chi connectivity index (χ4v) is 4.17. The van der Waals surface area contributed by atoms with Gasteiger partial charge in [0.2, 0.25) is 0 Å². The van der Waals surface area contributed by atoms with Crippen LogP contribution in [0.15, 0.2) is 42.5 Å². The van der Waals surface area contributed by atoms with E-state index in [0.29, 0.717) is 6.42 Å². The number of rotatable bonds is 5. The molecule has 1 aliphatic carbocycles. The summed E-state index contributed by atoms with van der Waals surface area (Å²) in [4.78, 5) is 15.1. The first-order valence-electron chi connectivity index (χ1n) is 9.09. The van der Waals surface area contributed by atoms with E-state index < -0.39 is 17.7 Å². The summed E-state index contributed by atoms with van der Waals surface area (Å²) in [6.45, 7) is 1.51. The number of nitrogens with zero attached hydrogens (tertiary/aromatic N) is 1. The molecule has 2 N–H and O–H groups in total. The summed E-state index contributed by atoms with van der Waals surface area (Å²) in [5, 5.41) is 0. The van der Waals surface area contributed by atoms with Crippen molar-refractivity contribution in [2.45, 2.75) is 31.3 Å². The van der Waals surface area contributed by atoms with Gasteiger partial charge in [-0.2, -0.15) is 0 Å². The molecule has 1 fully saturated rings. The Hall–Kier alpha value is -2.11. The highest BCUT2D eigenvalue weighted by molar-refractivity contribution is 5.86. The van der Waals surface area contributed by atoms with Gasteiger partial charge in [0.1, 0.15) is 11.6 Å². The van der Waals surface area contributed by atoms with E-state index in [9.17, 15) is 13.6 Å². The monoisotopic (exact) mass is 356 g/mol. The molecule has 0 bridgehead atoms. The second-order valence-corrected chi connectivity index (χ2v) is 7.32. The van der Waals surface area contributed by atoms with E-state index in [1.165, 1.54) is 17.7 Å². The minimum Gasteiger partial charge on any atom is -0.324 e. The molecule has 5 heteroatoms.